The lowest BCUT2D eigenvalue weighted by atomic mass is 10.0. The molecule has 0 fully saturated rings. The van der Waals surface area contributed by atoms with Crippen molar-refractivity contribution in [3.05, 3.63) is 0 Å². The Kier molecular flexibility index (Phi) is 11.3. The summed E-state index contributed by atoms with van der Waals surface area (Å²) in [6.07, 6.45) is 2.47. The maximum Gasteiger partial charge on any atom is 0.0677 e. The Bertz CT molecular complexity index is 351. The van der Waals surface area contributed by atoms with E-state index in [-0.39, 0.29) is 12.6 Å². The average molecular weight is 579 g/mol. The topological polar surface area (TPSA) is 9.72 Å². The fraction of sp³-hybridized carbons (Fsp3) is 1.00. The van der Waals surface area contributed by atoms with Crippen molar-refractivity contribution in [2.45, 2.75) is 93.8 Å². The molecule has 0 aliphatic carbocycles. The number of nitrogens with zero attached hydrogens (tertiary/aromatic N) is 3. The molecule has 0 amide bonds. The van der Waals surface area contributed by atoms with Gasteiger partial charge < -0.3 is 4.90 Å². The summed E-state index contributed by atoms with van der Waals surface area (Å²) in [6.45, 7) is 25.5. The van der Waals surface area contributed by atoms with Crippen LogP contribution < -0.4 is 0 Å². The van der Waals surface area contributed by atoms with Crippen molar-refractivity contribution >= 4 is 45.2 Å². The maximum absolute atomic E-state index is 2.62. The predicted molar refractivity (Wildman–Crippen MR) is 131 cm³/mol. The third-order valence-corrected chi connectivity index (χ3v) is 5.82. The zero-order valence-electron chi connectivity index (χ0n) is 18.4. The van der Waals surface area contributed by atoms with Gasteiger partial charge in [-0.1, -0.05) is 45.2 Å². The van der Waals surface area contributed by atoms with Gasteiger partial charge in [0.1, 0.15) is 0 Å². The normalized spacial score (nSPS) is 14.4. The maximum atomic E-state index is 2.62. The lowest BCUT2D eigenvalue weighted by Crippen LogP contribution is -2.51. The molecule has 3 nitrogen and oxygen atoms in total. The molecule has 0 aromatic rings. The van der Waals surface area contributed by atoms with Crippen LogP contribution in [-0.4, -0.2) is 66.6 Å². The van der Waals surface area contributed by atoms with Crippen molar-refractivity contribution in [2.75, 3.05) is 33.2 Å². The minimum atomic E-state index is 0.193. The van der Waals surface area contributed by atoms with Gasteiger partial charge in [-0.15, -0.1) is 0 Å². The lowest BCUT2D eigenvalue weighted by Gasteiger charge is -2.44. The van der Waals surface area contributed by atoms with E-state index >= 15 is 0 Å². The molecule has 0 atom stereocenters. The van der Waals surface area contributed by atoms with Gasteiger partial charge in [-0.25, -0.2) is 0 Å². The van der Waals surface area contributed by atoms with E-state index in [2.05, 4.69) is 129 Å². The van der Waals surface area contributed by atoms with E-state index in [0.29, 0.717) is 6.04 Å². The Hall–Kier alpha value is 1.34. The molecule has 0 unspecified atom stereocenters. The van der Waals surface area contributed by atoms with E-state index in [1.54, 1.807) is 0 Å². The summed E-state index contributed by atoms with van der Waals surface area (Å²) >= 11 is 5.13. The number of rotatable bonds is 11. The van der Waals surface area contributed by atoms with Gasteiger partial charge in [0.2, 0.25) is 0 Å². The summed E-state index contributed by atoms with van der Waals surface area (Å²) in [4.78, 5) is 7.72. The first-order valence-corrected chi connectivity index (χ1v) is 11.8. The van der Waals surface area contributed by atoms with E-state index in [0.717, 1.165) is 6.54 Å². The smallest absolute Gasteiger partial charge is 0.0677 e. The van der Waals surface area contributed by atoms with E-state index in [1.165, 1.54) is 32.5 Å². The van der Waals surface area contributed by atoms with Crippen molar-refractivity contribution < 1.29 is 0 Å². The molecular weight excluding hydrogens is 536 g/mol. The zero-order valence-corrected chi connectivity index (χ0v) is 22.7. The molecule has 5 heteroatoms. The summed E-state index contributed by atoms with van der Waals surface area (Å²) in [7, 11) is 2.27. The summed E-state index contributed by atoms with van der Waals surface area (Å²) in [6, 6.07) is 0.600. The highest BCUT2D eigenvalue weighted by atomic mass is 127. The van der Waals surface area contributed by atoms with Gasteiger partial charge in [0.15, 0.2) is 0 Å². The van der Waals surface area contributed by atoms with Crippen molar-refractivity contribution in [3.8, 4) is 0 Å². The van der Waals surface area contributed by atoms with Gasteiger partial charge in [-0.3, -0.25) is 9.80 Å². The van der Waals surface area contributed by atoms with Crippen molar-refractivity contribution in [1.82, 2.24) is 14.7 Å². The molecule has 0 radical (unpaired) electrons. The number of hydrogen-bond acceptors (Lipinski definition) is 3. The highest BCUT2D eigenvalue weighted by molar-refractivity contribution is 14.1. The number of halogens is 2. The summed E-state index contributed by atoms with van der Waals surface area (Å²) in [5.74, 6) is 0. The Morgan fingerprint density at radius 2 is 1.16 bits per heavy atom. The Morgan fingerprint density at radius 1 is 0.720 bits per heavy atom. The van der Waals surface area contributed by atoms with Crippen molar-refractivity contribution in [3.63, 3.8) is 0 Å². The second kappa shape index (κ2) is 10.8. The van der Waals surface area contributed by atoms with Gasteiger partial charge in [0, 0.05) is 24.7 Å². The minimum Gasteiger partial charge on any atom is -0.306 e. The van der Waals surface area contributed by atoms with Crippen LogP contribution in [0.4, 0.5) is 0 Å². The summed E-state index contributed by atoms with van der Waals surface area (Å²) in [5, 5.41) is 0. The van der Waals surface area contributed by atoms with Crippen LogP contribution in [0.25, 0.3) is 0 Å². The predicted octanol–water partition coefficient (Wildman–Crippen LogP) is 5.85. The zero-order chi connectivity index (χ0) is 20.1. The van der Waals surface area contributed by atoms with Crippen LogP contribution in [0.3, 0.4) is 0 Å². The molecule has 0 bridgehead atoms. The van der Waals surface area contributed by atoms with E-state index in [1.807, 2.05) is 0 Å². The quantitative estimate of drug-likeness (QED) is 0.173. The molecule has 0 aromatic carbocycles. The van der Waals surface area contributed by atoms with Crippen molar-refractivity contribution in [2.24, 2.45) is 0 Å². The molecule has 0 spiro atoms. The first-order chi connectivity index (χ1) is 11.1. The second-order valence-corrected chi connectivity index (χ2v) is 14.7. The molecule has 0 aliphatic rings. The third-order valence-electron chi connectivity index (χ3n) is 4.62. The van der Waals surface area contributed by atoms with Gasteiger partial charge in [-0.2, -0.15) is 0 Å². The molecule has 0 saturated carbocycles. The van der Waals surface area contributed by atoms with E-state index in [4.69, 9.17) is 0 Å². The highest BCUT2D eigenvalue weighted by Crippen LogP contribution is 2.30. The molecule has 0 rings (SSSR count). The van der Waals surface area contributed by atoms with Crippen molar-refractivity contribution in [1.29, 1.82) is 0 Å². The second-order valence-electron chi connectivity index (χ2n) is 9.44. The first-order valence-electron chi connectivity index (χ1n) is 9.67. The van der Waals surface area contributed by atoms with Crippen LogP contribution in [0.1, 0.15) is 75.2 Å². The standard InChI is InChI=1S/C20H43I2N3/c1-17(2)24(19(6,7)21)15-11-13-23(10)14-12-16-25(18(3,4)5)20(8,9)22/h17H,11-16H2,1-10H3. The summed E-state index contributed by atoms with van der Waals surface area (Å²) in [5.41, 5.74) is 0.215. The van der Waals surface area contributed by atoms with Gasteiger partial charge in [0.25, 0.3) is 0 Å². The molecule has 0 saturated heterocycles. The Balaban J connectivity index is 4.30. The van der Waals surface area contributed by atoms with E-state index < -0.39 is 0 Å². The SMILES string of the molecule is CC(C)N(CCCN(C)CCCN(C(C)(C)C)C(C)(C)I)C(C)(C)I. The molecular formula is C20H43I2N3. The average Bonchev–Trinajstić information content (AvgIpc) is 2.34. The largest absolute Gasteiger partial charge is 0.306 e. The van der Waals surface area contributed by atoms with Crippen LogP contribution in [0.2, 0.25) is 0 Å². The molecule has 0 heterocycles. The van der Waals surface area contributed by atoms with E-state index in [9.17, 15) is 0 Å². The third kappa shape index (κ3) is 11.1. The fourth-order valence-corrected chi connectivity index (χ4v) is 5.42. The van der Waals surface area contributed by atoms with Crippen LogP contribution in [-0.2, 0) is 0 Å². The van der Waals surface area contributed by atoms with Crippen LogP contribution >= 0.6 is 45.2 Å². The first kappa shape index (κ1) is 26.3. The fourth-order valence-electron chi connectivity index (χ4n) is 3.66. The summed E-state index contributed by atoms with van der Waals surface area (Å²) < 4.78 is 0.418. The van der Waals surface area contributed by atoms with Gasteiger partial charge >= 0.3 is 0 Å². The highest BCUT2D eigenvalue weighted by Gasteiger charge is 2.32. The number of alkyl halides is 2. The molecule has 0 N–H and O–H groups in total. The Labute approximate surface area is 185 Å². The molecule has 25 heavy (non-hydrogen) atoms. The van der Waals surface area contributed by atoms with Crippen LogP contribution in [0, 0.1) is 0 Å². The lowest BCUT2D eigenvalue weighted by molar-refractivity contribution is 0.0843. The van der Waals surface area contributed by atoms with Gasteiger partial charge in [0.05, 0.1) is 7.09 Å². The van der Waals surface area contributed by atoms with Crippen LogP contribution in [0.5, 0.6) is 0 Å². The number of hydrogen-bond donors (Lipinski definition) is 0. The molecule has 152 valence electrons. The van der Waals surface area contributed by atoms with Gasteiger partial charge in [-0.05, 0) is 95.3 Å². The Morgan fingerprint density at radius 3 is 1.48 bits per heavy atom. The minimum absolute atomic E-state index is 0.193. The molecule has 0 aliphatic heterocycles. The molecule has 0 aromatic heterocycles. The monoisotopic (exact) mass is 579 g/mol. The van der Waals surface area contributed by atoms with Crippen LogP contribution in [0.15, 0.2) is 0 Å².